The van der Waals surface area contributed by atoms with E-state index in [2.05, 4.69) is 15.0 Å². The van der Waals surface area contributed by atoms with E-state index in [0.29, 0.717) is 18.1 Å². The molecule has 1 N–H and O–H groups in total. The number of benzene rings is 1. The Morgan fingerprint density at radius 1 is 1.32 bits per heavy atom. The summed E-state index contributed by atoms with van der Waals surface area (Å²) >= 11 is 1.34. The molecule has 1 aromatic heterocycles. The van der Waals surface area contributed by atoms with Crippen molar-refractivity contribution in [1.82, 2.24) is 9.88 Å². The number of nitrogens with one attached hydrogen (secondary N) is 1. The number of hydrogen-bond donors (Lipinski definition) is 1. The van der Waals surface area contributed by atoms with Crippen LogP contribution in [-0.2, 0) is 11.3 Å². The number of hydrogen-bond acceptors (Lipinski definition) is 5. The third-order valence-electron chi connectivity index (χ3n) is 3.68. The SMILES string of the molecule is CCCN(Cc1nc(C(=O)OC)cs1)C(=O)Nc1ccc(C)cc1C. The number of aromatic nitrogens is 1. The van der Waals surface area contributed by atoms with Gasteiger partial charge in [-0.15, -0.1) is 11.3 Å². The fourth-order valence-electron chi connectivity index (χ4n) is 2.42. The summed E-state index contributed by atoms with van der Waals surface area (Å²) in [6.45, 7) is 6.95. The summed E-state index contributed by atoms with van der Waals surface area (Å²) < 4.78 is 4.66. The van der Waals surface area contributed by atoms with Crippen molar-refractivity contribution in [3.63, 3.8) is 0 Å². The molecule has 2 amide bonds. The number of thiazole rings is 1. The Morgan fingerprint density at radius 2 is 2.08 bits per heavy atom. The van der Waals surface area contributed by atoms with Gasteiger partial charge in [-0.3, -0.25) is 0 Å². The molecule has 0 aliphatic carbocycles. The van der Waals surface area contributed by atoms with Gasteiger partial charge in [0.05, 0.1) is 13.7 Å². The van der Waals surface area contributed by atoms with Gasteiger partial charge in [0.25, 0.3) is 0 Å². The van der Waals surface area contributed by atoms with E-state index in [-0.39, 0.29) is 11.7 Å². The third kappa shape index (κ3) is 5.03. The third-order valence-corrected chi connectivity index (χ3v) is 4.51. The Bertz CT molecular complexity index is 758. The van der Waals surface area contributed by atoms with Crippen LogP contribution in [0.4, 0.5) is 10.5 Å². The Kier molecular flexibility index (Phi) is 6.52. The van der Waals surface area contributed by atoms with Crippen LogP contribution in [0.3, 0.4) is 0 Å². The van der Waals surface area contributed by atoms with Crippen LogP contribution in [0.1, 0.15) is 40.0 Å². The maximum Gasteiger partial charge on any atom is 0.357 e. The van der Waals surface area contributed by atoms with E-state index < -0.39 is 5.97 Å². The molecule has 0 aliphatic rings. The van der Waals surface area contributed by atoms with Crippen molar-refractivity contribution in [3.05, 3.63) is 45.4 Å². The topological polar surface area (TPSA) is 71.5 Å². The summed E-state index contributed by atoms with van der Waals surface area (Å²) in [5, 5.41) is 5.30. The quantitative estimate of drug-likeness (QED) is 0.790. The molecule has 0 unspecified atom stereocenters. The van der Waals surface area contributed by atoms with Crippen LogP contribution in [0.25, 0.3) is 0 Å². The lowest BCUT2D eigenvalue weighted by atomic mass is 10.1. The van der Waals surface area contributed by atoms with Crippen molar-refractivity contribution in [3.8, 4) is 0 Å². The monoisotopic (exact) mass is 361 g/mol. The second kappa shape index (κ2) is 8.62. The number of carbonyl (C=O) groups is 2. The van der Waals surface area contributed by atoms with E-state index in [1.54, 1.807) is 10.3 Å². The molecule has 2 rings (SSSR count). The molecule has 7 heteroatoms. The Balaban J connectivity index is 2.09. The summed E-state index contributed by atoms with van der Waals surface area (Å²) in [7, 11) is 1.32. The van der Waals surface area contributed by atoms with Crippen LogP contribution in [0.15, 0.2) is 23.6 Å². The van der Waals surface area contributed by atoms with Crippen molar-refractivity contribution in [2.24, 2.45) is 0 Å². The molecular formula is C18H23N3O3S. The van der Waals surface area contributed by atoms with Gasteiger partial charge in [-0.25, -0.2) is 14.6 Å². The summed E-state index contributed by atoms with van der Waals surface area (Å²) in [6.07, 6.45) is 0.829. The number of amides is 2. The van der Waals surface area contributed by atoms with Crippen LogP contribution in [0.2, 0.25) is 0 Å². The molecule has 0 bridgehead atoms. The van der Waals surface area contributed by atoms with E-state index in [1.807, 2.05) is 39.0 Å². The zero-order valence-electron chi connectivity index (χ0n) is 15.0. The molecule has 1 heterocycles. The largest absolute Gasteiger partial charge is 0.464 e. The summed E-state index contributed by atoms with van der Waals surface area (Å²) in [5.74, 6) is -0.468. The van der Waals surface area contributed by atoms with Crippen LogP contribution in [-0.4, -0.2) is 35.5 Å². The first-order valence-corrected chi connectivity index (χ1v) is 8.98. The molecule has 25 heavy (non-hydrogen) atoms. The first-order chi connectivity index (χ1) is 11.9. The summed E-state index contributed by atoms with van der Waals surface area (Å²) in [4.78, 5) is 30.1. The average molecular weight is 361 g/mol. The van der Waals surface area contributed by atoms with Crippen molar-refractivity contribution >= 4 is 29.0 Å². The number of ether oxygens (including phenoxy) is 1. The number of methoxy groups -OCH3 is 1. The predicted molar refractivity (Wildman–Crippen MR) is 99.1 cm³/mol. The molecule has 134 valence electrons. The lowest BCUT2D eigenvalue weighted by Gasteiger charge is -2.22. The van der Waals surface area contributed by atoms with E-state index in [1.165, 1.54) is 18.4 Å². The van der Waals surface area contributed by atoms with E-state index in [9.17, 15) is 9.59 Å². The molecule has 2 aromatic rings. The van der Waals surface area contributed by atoms with Gasteiger partial charge in [-0.2, -0.15) is 0 Å². The highest BCUT2D eigenvalue weighted by Gasteiger charge is 2.17. The van der Waals surface area contributed by atoms with Crippen molar-refractivity contribution < 1.29 is 14.3 Å². The minimum absolute atomic E-state index is 0.177. The van der Waals surface area contributed by atoms with E-state index >= 15 is 0 Å². The van der Waals surface area contributed by atoms with Gasteiger partial charge in [0.1, 0.15) is 5.01 Å². The minimum atomic E-state index is -0.468. The van der Waals surface area contributed by atoms with Gasteiger partial charge in [0, 0.05) is 17.6 Å². The molecule has 0 atom stereocenters. The molecule has 0 radical (unpaired) electrons. The number of carbonyl (C=O) groups excluding carboxylic acids is 2. The highest BCUT2D eigenvalue weighted by molar-refractivity contribution is 7.09. The zero-order chi connectivity index (χ0) is 18.4. The van der Waals surface area contributed by atoms with Crippen LogP contribution in [0.5, 0.6) is 0 Å². The van der Waals surface area contributed by atoms with E-state index in [4.69, 9.17) is 0 Å². The van der Waals surface area contributed by atoms with Gasteiger partial charge in [-0.05, 0) is 31.9 Å². The molecule has 6 nitrogen and oxygen atoms in total. The lowest BCUT2D eigenvalue weighted by Crippen LogP contribution is -2.35. The molecule has 0 fully saturated rings. The van der Waals surface area contributed by atoms with E-state index in [0.717, 1.165) is 23.2 Å². The molecule has 0 spiro atoms. The van der Waals surface area contributed by atoms with Gasteiger partial charge in [0.15, 0.2) is 5.69 Å². The minimum Gasteiger partial charge on any atom is -0.464 e. The van der Waals surface area contributed by atoms with Gasteiger partial charge < -0.3 is 15.0 Å². The first-order valence-electron chi connectivity index (χ1n) is 8.10. The standard InChI is InChI=1S/C18H23N3O3S/c1-5-8-21(10-16-19-15(11-25-16)17(22)24-4)18(23)20-14-7-6-12(2)9-13(14)3/h6-7,9,11H,5,8,10H2,1-4H3,(H,20,23). The Hall–Kier alpha value is -2.41. The number of nitrogens with zero attached hydrogens (tertiary/aromatic N) is 2. The normalized spacial score (nSPS) is 10.4. The molecule has 0 aliphatic heterocycles. The summed E-state index contributed by atoms with van der Waals surface area (Å²) in [6, 6.07) is 5.73. The highest BCUT2D eigenvalue weighted by atomic mass is 32.1. The van der Waals surface area contributed by atoms with Crippen LogP contribution >= 0.6 is 11.3 Å². The second-order valence-corrected chi connectivity index (χ2v) is 6.73. The van der Waals surface area contributed by atoms with Gasteiger partial charge in [-0.1, -0.05) is 24.6 Å². The molecule has 0 saturated carbocycles. The fraction of sp³-hybridized carbons (Fsp3) is 0.389. The molecular weight excluding hydrogens is 338 g/mol. The van der Waals surface area contributed by atoms with Crippen LogP contribution in [0, 0.1) is 13.8 Å². The number of anilines is 1. The second-order valence-electron chi connectivity index (χ2n) is 5.79. The average Bonchev–Trinajstić information content (AvgIpc) is 3.05. The summed E-state index contributed by atoms with van der Waals surface area (Å²) in [5.41, 5.74) is 3.24. The number of rotatable bonds is 6. The number of urea groups is 1. The Morgan fingerprint density at radius 3 is 2.72 bits per heavy atom. The van der Waals surface area contributed by atoms with Crippen molar-refractivity contribution in [1.29, 1.82) is 0 Å². The predicted octanol–water partition coefficient (Wildman–Crippen LogP) is 3.99. The van der Waals surface area contributed by atoms with Crippen LogP contribution < -0.4 is 5.32 Å². The van der Waals surface area contributed by atoms with Gasteiger partial charge >= 0.3 is 12.0 Å². The molecule has 1 aromatic carbocycles. The van der Waals surface area contributed by atoms with Crippen molar-refractivity contribution in [2.45, 2.75) is 33.7 Å². The first kappa shape index (κ1) is 18.9. The number of esters is 1. The van der Waals surface area contributed by atoms with Crippen molar-refractivity contribution in [2.75, 3.05) is 19.0 Å². The molecule has 0 saturated heterocycles. The number of aryl methyl sites for hydroxylation is 2. The fourth-order valence-corrected chi connectivity index (χ4v) is 3.19. The maximum atomic E-state index is 12.6. The highest BCUT2D eigenvalue weighted by Crippen LogP contribution is 2.18. The van der Waals surface area contributed by atoms with Gasteiger partial charge in [0.2, 0.25) is 0 Å². The smallest absolute Gasteiger partial charge is 0.357 e. The Labute approximate surface area is 151 Å². The zero-order valence-corrected chi connectivity index (χ0v) is 15.8. The lowest BCUT2D eigenvalue weighted by molar-refractivity contribution is 0.0594. The maximum absolute atomic E-state index is 12.6.